The molecule has 0 N–H and O–H groups in total. The van der Waals surface area contributed by atoms with Crippen molar-refractivity contribution >= 4 is 27.4 Å². The SMILES string of the molecule is CC(C)(CN=S(=O)=O)C(=O)Oc1cc2ccccc2o1. The highest BCUT2D eigenvalue weighted by atomic mass is 32.2. The number of hydrogen-bond acceptors (Lipinski definition) is 6. The van der Waals surface area contributed by atoms with Crippen molar-refractivity contribution in [1.82, 2.24) is 0 Å². The van der Waals surface area contributed by atoms with Crippen LogP contribution in [0.1, 0.15) is 13.8 Å². The molecule has 0 aliphatic rings. The number of esters is 1. The lowest BCUT2D eigenvalue weighted by molar-refractivity contribution is -0.144. The number of nitrogens with zero attached hydrogens (tertiary/aromatic N) is 1. The predicted molar refractivity (Wildman–Crippen MR) is 71.8 cm³/mol. The molecule has 0 aliphatic heterocycles. The molecule has 2 aromatic rings. The van der Waals surface area contributed by atoms with Gasteiger partial charge in [-0.05, 0) is 19.9 Å². The second-order valence-electron chi connectivity index (χ2n) is 4.88. The van der Waals surface area contributed by atoms with E-state index < -0.39 is 21.9 Å². The molecular formula is C13H13NO5S. The van der Waals surface area contributed by atoms with Gasteiger partial charge in [0, 0.05) is 11.5 Å². The lowest BCUT2D eigenvalue weighted by Gasteiger charge is -2.17. The zero-order chi connectivity index (χ0) is 14.8. The third-order valence-corrected chi connectivity index (χ3v) is 3.05. The Morgan fingerprint density at radius 1 is 1.35 bits per heavy atom. The second-order valence-corrected chi connectivity index (χ2v) is 5.57. The van der Waals surface area contributed by atoms with Crippen LogP contribution in [-0.4, -0.2) is 20.9 Å². The van der Waals surface area contributed by atoms with Gasteiger partial charge in [-0.15, -0.1) is 0 Å². The van der Waals surface area contributed by atoms with Gasteiger partial charge >= 0.3 is 16.5 Å². The average Bonchev–Trinajstić information content (AvgIpc) is 2.78. The summed E-state index contributed by atoms with van der Waals surface area (Å²) in [5.41, 5.74) is -0.447. The fourth-order valence-corrected chi connectivity index (χ4v) is 1.94. The van der Waals surface area contributed by atoms with Gasteiger partial charge in [0.2, 0.25) is 0 Å². The first-order valence-electron chi connectivity index (χ1n) is 5.86. The van der Waals surface area contributed by atoms with Crippen molar-refractivity contribution in [3.8, 4) is 5.95 Å². The van der Waals surface area contributed by atoms with Crippen LogP contribution in [0.3, 0.4) is 0 Å². The van der Waals surface area contributed by atoms with Crippen LogP contribution in [0.25, 0.3) is 11.0 Å². The van der Waals surface area contributed by atoms with Crippen LogP contribution in [-0.2, 0) is 15.3 Å². The molecule has 1 aromatic carbocycles. The van der Waals surface area contributed by atoms with E-state index in [1.807, 2.05) is 18.2 Å². The molecule has 106 valence electrons. The van der Waals surface area contributed by atoms with Crippen molar-refractivity contribution in [3.05, 3.63) is 30.3 Å². The van der Waals surface area contributed by atoms with Crippen LogP contribution >= 0.6 is 0 Å². The van der Waals surface area contributed by atoms with Crippen molar-refractivity contribution in [2.24, 2.45) is 9.78 Å². The molecule has 7 heteroatoms. The summed E-state index contributed by atoms with van der Waals surface area (Å²) in [5.74, 6) is -0.529. The number of para-hydroxylation sites is 1. The van der Waals surface area contributed by atoms with Crippen LogP contribution < -0.4 is 4.74 Å². The van der Waals surface area contributed by atoms with E-state index in [0.717, 1.165) is 5.39 Å². The Bertz CT molecular complexity index is 732. The van der Waals surface area contributed by atoms with Crippen molar-refractivity contribution < 1.29 is 22.4 Å². The molecule has 0 unspecified atom stereocenters. The summed E-state index contributed by atoms with van der Waals surface area (Å²) >= 11 is 0. The number of carbonyl (C=O) groups excluding carboxylic acids is 1. The highest BCUT2D eigenvalue weighted by molar-refractivity contribution is 7.61. The maximum atomic E-state index is 12.0. The number of hydrogen-bond donors (Lipinski definition) is 0. The molecule has 1 heterocycles. The van der Waals surface area contributed by atoms with Gasteiger partial charge in [0.25, 0.3) is 5.95 Å². The molecule has 20 heavy (non-hydrogen) atoms. The summed E-state index contributed by atoms with van der Waals surface area (Å²) in [6, 6.07) is 8.84. The van der Waals surface area contributed by atoms with E-state index in [1.165, 1.54) is 0 Å². The first-order chi connectivity index (χ1) is 9.38. The predicted octanol–water partition coefficient (Wildman–Crippen LogP) is 2.43. The highest BCUT2D eigenvalue weighted by Crippen LogP contribution is 2.27. The Morgan fingerprint density at radius 2 is 2.05 bits per heavy atom. The normalized spacial score (nSPS) is 11.3. The Kier molecular flexibility index (Phi) is 3.89. The summed E-state index contributed by atoms with van der Waals surface area (Å²) in [7, 11) is -2.54. The second kappa shape index (κ2) is 5.46. The summed E-state index contributed by atoms with van der Waals surface area (Å²) in [6.45, 7) is 2.92. The Balaban J connectivity index is 2.16. The highest BCUT2D eigenvalue weighted by Gasteiger charge is 2.31. The molecule has 1 aromatic heterocycles. The molecule has 0 radical (unpaired) electrons. The fourth-order valence-electron chi connectivity index (χ4n) is 1.52. The van der Waals surface area contributed by atoms with E-state index in [9.17, 15) is 13.2 Å². The zero-order valence-electron chi connectivity index (χ0n) is 11.0. The van der Waals surface area contributed by atoms with Gasteiger partial charge in [-0.2, -0.15) is 12.8 Å². The molecule has 0 spiro atoms. The lowest BCUT2D eigenvalue weighted by Crippen LogP contribution is -2.31. The van der Waals surface area contributed by atoms with E-state index in [4.69, 9.17) is 9.15 Å². The van der Waals surface area contributed by atoms with Crippen molar-refractivity contribution in [2.75, 3.05) is 6.54 Å². The first kappa shape index (κ1) is 14.3. The summed E-state index contributed by atoms with van der Waals surface area (Å²) in [6.07, 6.45) is 0. The number of rotatable bonds is 4. The van der Waals surface area contributed by atoms with Gasteiger partial charge in [-0.3, -0.25) is 4.79 Å². The number of carbonyl (C=O) groups is 1. The lowest BCUT2D eigenvalue weighted by atomic mass is 9.94. The maximum Gasteiger partial charge on any atom is 0.321 e. The molecule has 0 saturated heterocycles. The molecule has 0 aliphatic carbocycles. The zero-order valence-corrected chi connectivity index (χ0v) is 11.8. The van der Waals surface area contributed by atoms with Gasteiger partial charge in [0.15, 0.2) is 0 Å². The summed E-state index contributed by atoms with van der Waals surface area (Å²) in [4.78, 5) is 12.0. The van der Waals surface area contributed by atoms with Crippen molar-refractivity contribution in [2.45, 2.75) is 13.8 Å². The molecule has 0 bridgehead atoms. The molecule has 0 atom stereocenters. The fraction of sp³-hybridized carbons (Fsp3) is 0.308. The average molecular weight is 295 g/mol. The molecule has 2 rings (SSSR count). The standard InChI is InChI=1S/C13H13NO5S/c1-13(2,8-14-20(16)17)12(15)19-11-7-9-5-3-4-6-10(9)18-11/h3-7H,8H2,1-2H3. The molecule has 6 nitrogen and oxygen atoms in total. The third kappa shape index (κ3) is 3.24. The molecule has 0 saturated carbocycles. The van der Waals surface area contributed by atoms with Crippen LogP contribution in [0.5, 0.6) is 5.95 Å². The number of benzene rings is 1. The Hall–Kier alpha value is -2.15. The minimum absolute atomic E-state index is 0.0764. The first-order valence-corrected chi connectivity index (χ1v) is 6.89. The summed E-state index contributed by atoms with van der Waals surface area (Å²) < 4.78 is 34.6. The number of fused-ring (bicyclic) bond motifs is 1. The van der Waals surface area contributed by atoms with Gasteiger partial charge in [0.05, 0.1) is 12.0 Å². The number of ether oxygens (including phenoxy) is 1. The Morgan fingerprint density at radius 3 is 2.70 bits per heavy atom. The monoisotopic (exact) mass is 295 g/mol. The largest absolute Gasteiger partial charge is 0.425 e. The molecule has 0 amide bonds. The van der Waals surface area contributed by atoms with E-state index in [2.05, 4.69) is 4.36 Å². The van der Waals surface area contributed by atoms with Crippen LogP contribution in [0.2, 0.25) is 0 Å². The van der Waals surface area contributed by atoms with Crippen LogP contribution in [0, 0.1) is 5.41 Å². The van der Waals surface area contributed by atoms with E-state index in [0.29, 0.717) is 5.58 Å². The van der Waals surface area contributed by atoms with Gasteiger partial charge < -0.3 is 9.15 Å². The van der Waals surface area contributed by atoms with Gasteiger partial charge in [0.1, 0.15) is 5.58 Å². The minimum atomic E-state index is -2.54. The third-order valence-electron chi connectivity index (χ3n) is 2.71. The molecular weight excluding hydrogens is 282 g/mol. The van der Waals surface area contributed by atoms with Crippen molar-refractivity contribution in [1.29, 1.82) is 0 Å². The van der Waals surface area contributed by atoms with E-state index in [1.54, 1.807) is 26.0 Å². The Labute approximate surface area is 117 Å². The van der Waals surface area contributed by atoms with Crippen LogP contribution in [0.4, 0.5) is 0 Å². The minimum Gasteiger partial charge on any atom is -0.425 e. The van der Waals surface area contributed by atoms with E-state index in [-0.39, 0.29) is 12.5 Å². The van der Waals surface area contributed by atoms with E-state index >= 15 is 0 Å². The quantitative estimate of drug-likeness (QED) is 0.808. The smallest absolute Gasteiger partial charge is 0.321 e. The van der Waals surface area contributed by atoms with Gasteiger partial charge in [-0.1, -0.05) is 18.2 Å². The topological polar surface area (TPSA) is 85.9 Å². The number of furan rings is 1. The molecule has 0 fully saturated rings. The maximum absolute atomic E-state index is 12.0. The van der Waals surface area contributed by atoms with Crippen LogP contribution in [0.15, 0.2) is 39.1 Å². The van der Waals surface area contributed by atoms with Gasteiger partial charge in [-0.25, -0.2) is 0 Å². The van der Waals surface area contributed by atoms with Crippen molar-refractivity contribution in [3.63, 3.8) is 0 Å². The summed E-state index contributed by atoms with van der Waals surface area (Å²) in [5, 5.41) is 0.818.